The highest BCUT2D eigenvalue weighted by Crippen LogP contribution is 1.88. The maximum Gasteiger partial charge on any atom is 0.0702 e. The monoisotopic (exact) mass is 148 g/mol. The molecule has 0 unspecified atom stereocenters. The second kappa shape index (κ2) is 5.87. The quantitative estimate of drug-likeness (QED) is 0.463. The average Bonchev–Trinajstić information content (AvgIpc) is 1.85. The van der Waals surface area contributed by atoms with Crippen LogP contribution < -0.4 is 0 Å². The first-order valence-corrected chi connectivity index (χ1v) is 4.09. The van der Waals surface area contributed by atoms with E-state index < -0.39 is 0 Å². The lowest BCUT2D eigenvalue weighted by Crippen LogP contribution is -1.78. The van der Waals surface area contributed by atoms with Crippen molar-refractivity contribution in [2.45, 2.75) is 34.1 Å². The van der Waals surface area contributed by atoms with Gasteiger partial charge in [-0.3, -0.25) is 0 Å². The Hall–Kier alpha value is -0.880. The second-order valence-corrected chi connectivity index (χ2v) is 3.13. The molecule has 0 aromatic heterocycles. The van der Waals surface area contributed by atoms with Gasteiger partial charge in [-0.1, -0.05) is 51.4 Å². The van der Waals surface area contributed by atoms with Gasteiger partial charge in [-0.15, -0.1) is 0 Å². The fourth-order valence-electron chi connectivity index (χ4n) is 0.555. The molecule has 0 bridgehead atoms. The van der Waals surface area contributed by atoms with Crippen molar-refractivity contribution >= 4 is 0 Å². The van der Waals surface area contributed by atoms with Crippen LogP contribution in [0, 0.1) is 35.5 Å². The summed E-state index contributed by atoms with van der Waals surface area (Å²) in [5, 5.41) is 0. The van der Waals surface area contributed by atoms with Gasteiger partial charge in [0.25, 0.3) is 0 Å². The standard InChI is InChI=1S/C11H16/c1-10(2)8-6-5-7-9-11(3)4/h10-11H,5H2,1-4H3. The summed E-state index contributed by atoms with van der Waals surface area (Å²) < 4.78 is 0. The summed E-state index contributed by atoms with van der Waals surface area (Å²) in [6.07, 6.45) is 0.719. The summed E-state index contributed by atoms with van der Waals surface area (Å²) in [6.45, 7) is 8.34. The van der Waals surface area contributed by atoms with Gasteiger partial charge in [0.15, 0.2) is 0 Å². The van der Waals surface area contributed by atoms with Crippen molar-refractivity contribution in [2.75, 3.05) is 0 Å². The van der Waals surface area contributed by atoms with E-state index in [1.165, 1.54) is 0 Å². The van der Waals surface area contributed by atoms with Gasteiger partial charge < -0.3 is 0 Å². The van der Waals surface area contributed by atoms with E-state index in [0.717, 1.165) is 6.42 Å². The van der Waals surface area contributed by atoms with Gasteiger partial charge in [0, 0.05) is 11.8 Å². The molecule has 0 spiro atoms. The Morgan fingerprint density at radius 1 is 0.818 bits per heavy atom. The van der Waals surface area contributed by atoms with Crippen LogP contribution in [0.25, 0.3) is 0 Å². The zero-order valence-corrected chi connectivity index (χ0v) is 7.86. The Morgan fingerprint density at radius 3 is 1.45 bits per heavy atom. The summed E-state index contributed by atoms with van der Waals surface area (Å²) in [7, 11) is 0. The molecule has 0 aliphatic heterocycles. The van der Waals surface area contributed by atoms with Gasteiger partial charge in [-0.2, -0.15) is 0 Å². The van der Waals surface area contributed by atoms with Crippen molar-refractivity contribution in [2.24, 2.45) is 11.8 Å². The van der Waals surface area contributed by atoms with Crippen LogP contribution in [0.4, 0.5) is 0 Å². The van der Waals surface area contributed by atoms with E-state index in [4.69, 9.17) is 0 Å². The van der Waals surface area contributed by atoms with E-state index in [2.05, 4.69) is 51.4 Å². The third kappa shape index (κ3) is 9.12. The fraction of sp³-hybridized carbons (Fsp3) is 0.636. The molecular weight excluding hydrogens is 132 g/mol. The van der Waals surface area contributed by atoms with Gasteiger partial charge in [0.1, 0.15) is 0 Å². The summed E-state index contributed by atoms with van der Waals surface area (Å²) in [4.78, 5) is 0. The molecule has 0 aromatic carbocycles. The zero-order chi connectivity index (χ0) is 8.69. The third-order valence-corrected chi connectivity index (χ3v) is 0.958. The van der Waals surface area contributed by atoms with Crippen molar-refractivity contribution in [3.8, 4) is 23.7 Å². The predicted molar refractivity (Wildman–Crippen MR) is 49.8 cm³/mol. The maximum atomic E-state index is 3.07. The molecule has 60 valence electrons. The minimum Gasteiger partial charge on any atom is -0.0995 e. The van der Waals surface area contributed by atoms with Crippen LogP contribution in [-0.4, -0.2) is 0 Å². The lowest BCUT2D eigenvalue weighted by molar-refractivity contribution is 0.863. The predicted octanol–water partition coefficient (Wildman–Crippen LogP) is 2.70. The highest BCUT2D eigenvalue weighted by molar-refractivity contribution is 5.13. The average molecular weight is 148 g/mol. The van der Waals surface area contributed by atoms with E-state index >= 15 is 0 Å². The Kier molecular flexibility index (Phi) is 5.40. The van der Waals surface area contributed by atoms with Gasteiger partial charge >= 0.3 is 0 Å². The van der Waals surface area contributed by atoms with Crippen LogP contribution in [0.1, 0.15) is 34.1 Å². The molecule has 0 N–H and O–H groups in total. The highest BCUT2D eigenvalue weighted by atomic mass is 13.8. The van der Waals surface area contributed by atoms with E-state index in [9.17, 15) is 0 Å². The number of hydrogen-bond acceptors (Lipinski definition) is 0. The molecule has 0 saturated carbocycles. The summed E-state index contributed by atoms with van der Waals surface area (Å²) in [5.74, 6) is 13.1. The number of hydrogen-bond donors (Lipinski definition) is 0. The van der Waals surface area contributed by atoms with E-state index in [1.54, 1.807) is 0 Å². The first kappa shape index (κ1) is 10.1. The largest absolute Gasteiger partial charge is 0.0995 e. The van der Waals surface area contributed by atoms with Crippen LogP contribution in [0.3, 0.4) is 0 Å². The fourth-order valence-corrected chi connectivity index (χ4v) is 0.555. The van der Waals surface area contributed by atoms with Gasteiger partial charge in [0.2, 0.25) is 0 Å². The Morgan fingerprint density at radius 2 is 1.18 bits per heavy atom. The Labute approximate surface area is 70.4 Å². The van der Waals surface area contributed by atoms with Crippen LogP contribution in [0.2, 0.25) is 0 Å². The van der Waals surface area contributed by atoms with E-state index in [-0.39, 0.29) is 0 Å². The molecule has 0 rings (SSSR count). The van der Waals surface area contributed by atoms with Gasteiger partial charge in [-0.25, -0.2) is 0 Å². The Balaban J connectivity index is 3.61. The first-order chi connectivity index (χ1) is 5.13. The van der Waals surface area contributed by atoms with Crippen molar-refractivity contribution in [3.63, 3.8) is 0 Å². The molecule has 0 heterocycles. The summed E-state index contributed by atoms with van der Waals surface area (Å²) in [5.41, 5.74) is 0. The van der Waals surface area contributed by atoms with Crippen LogP contribution in [0.15, 0.2) is 0 Å². The highest BCUT2D eigenvalue weighted by Gasteiger charge is 1.80. The molecule has 0 aliphatic rings. The minimum absolute atomic E-state index is 0.468. The normalized spacial score (nSPS) is 8.55. The van der Waals surface area contributed by atoms with Crippen LogP contribution >= 0.6 is 0 Å². The second-order valence-electron chi connectivity index (χ2n) is 3.13. The minimum atomic E-state index is 0.468. The maximum absolute atomic E-state index is 3.07. The first-order valence-electron chi connectivity index (χ1n) is 4.09. The molecule has 0 aliphatic carbocycles. The smallest absolute Gasteiger partial charge is 0.0702 e. The van der Waals surface area contributed by atoms with Gasteiger partial charge in [0.05, 0.1) is 6.42 Å². The van der Waals surface area contributed by atoms with Gasteiger partial charge in [-0.05, 0) is 0 Å². The van der Waals surface area contributed by atoms with Crippen LogP contribution in [-0.2, 0) is 0 Å². The number of rotatable bonds is 0. The molecule has 0 aromatic rings. The lowest BCUT2D eigenvalue weighted by Gasteiger charge is -1.86. The van der Waals surface area contributed by atoms with Crippen molar-refractivity contribution in [1.29, 1.82) is 0 Å². The van der Waals surface area contributed by atoms with E-state index in [0.29, 0.717) is 11.8 Å². The zero-order valence-electron chi connectivity index (χ0n) is 7.86. The molecule has 0 saturated heterocycles. The topological polar surface area (TPSA) is 0 Å². The SMILES string of the molecule is CC(C)C#CCC#CC(C)C. The molecule has 0 heteroatoms. The van der Waals surface area contributed by atoms with Crippen molar-refractivity contribution in [3.05, 3.63) is 0 Å². The Bertz CT molecular complexity index is 176. The third-order valence-electron chi connectivity index (χ3n) is 0.958. The summed E-state index contributed by atoms with van der Waals surface area (Å²) in [6, 6.07) is 0. The van der Waals surface area contributed by atoms with Crippen molar-refractivity contribution in [1.82, 2.24) is 0 Å². The molecular formula is C11H16. The lowest BCUT2D eigenvalue weighted by atomic mass is 10.2. The van der Waals surface area contributed by atoms with E-state index in [1.807, 2.05) is 0 Å². The molecule has 0 nitrogen and oxygen atoms in total. The molecule has 0 amide bonds. The molecule has 0 atom stereocenters. The molecule has 11 heavy (non-hydrogen) atoms. The molecule has 0 fully saturated rings. The summed E-state index contributed by atoms with van der Waals surface area (Å²) >= 11 is 0. The van der Waals surface area contributed by atoms with Crippen LogP contribution in [0.5, 0.6) is 0 Å². The molecule has 0 radical (unpaired) electrons. The van der Waals surface area contributed by atoms with Crippen molar-refractivity contribution < 1.29 is 0 Å².